The van der Waals surface area contributed by atoms with E-state index in [1.54, 1.807) is 6.07 Å². The number of carbonyl (C=O) groups is 1. The number of nitrogens with two attached hydrogens (primary N) is 1. The molecule has 0 heterocycles. The molecule has 20 heavy (non-hydrogen) atoms. The van der Waals surface area contributed by atoms with Crippen molar-refractivity contribution in [3.8, 4) is 0 Å². The first-order valence-corrected chi connectivity index (χ1v) is 8.23. The minimum absolute atomic E-state index is 0.0265. The Morgan fingerprint density at radius 1 is 1.40 bits per heavy atom. The summed E-state index contributed by atoms with van der Waals surface area (Å²) in [6.45, 7) is 4.07. The highest BCUT2D eigenvalue weighted by molar-refractivity contribution is 7.98. The van der Waals surface area contributed by atoms with Crippen molar-refractivity contribution in [2.75, 3.05) is 30.1 Å². The first kappa shape index (κ1) is 16.9. The second kappa shape index (κ2) is 8.17. The molecule has 0 saturated carbocycles. The third kappa shape index (κ3) is 4.72. The summed E-state index contributed by atoms with van der Waals surface area (Å²) in [5, 5.41) is 2.89. The van der Waals surface area contributed by atoms with Gasteiger partial charge < -0.3 is 11.1 Å². The van der Waals surface area contributed by atoms with Crippen molar-refractivity contribution in [2.24, 2.45) is 0 Å². The Labute approximate surface area is 126 Å². The number of thioether (sulfide) groups is 1. The molecule has 112 valence electrons. The number of nitrogens with zero attached hydrogens (tertiary/aromatic N) is 1. The van der Waals surface area contributed by atoms with Gasteiger partial charge in [-0.2, -0.15) is 11.8 Å². The molecule has 1 amide bonds. The van der Waals surface area contributed by atoms with Crippen LogP contribution in [0.4, 0.5) is 11.4 Å². The van der Waals surface area contributed by atoms with Gasteiger partial charge in [0.15, 0.2) is 0 Å². The second-order valence-electron chi connectivity index (χ2n) is 5.05. The second-order valence-corrected chi connectivity index (χ2v) is 6.03. The summed E-state index contributed by atoms with van der Waals surface area (Å²) >= 11 is 1.83. The fourth-order valence-electron chi connectivity index (χ4n) is 1.91. The molecule has 2 atom stereocenters. The summed E-state index contributed by atoms with van der Waals surface area (Å²) in [6, 6.07) is 7.50. The molecule has 5 heteroatoms. The van der Waals surface area contributed by atoms with Crippen LogP contribution in [-0.4, -0.2) is 41.9 Å². The summed E-state index contributed by atoms with van der Waals surface area (Å²) in [6.07, 6.45) is 3.17. The molecule has 0 aliphatic carbocycles. The van der Waals surface area contributed by atoms with Gasteiger partial charge in [0.2, 0.25) is 5.91 Å². The third-order valence-corrected chi connectivity index (χ3v) is 4.29. The zero-order chi connectivity index (χ0) is 15.1. The third-order valence-electron chi connectivity index (χ3n) is 3.64. The topological polar surface area (TPSA) is 58.4 Å². The quantitative estimate of drug-likeness (QED) is 0.759. The molecular weight excluding hydrogens is 270 g/mol. The predicted molar refractivity (Wildman–Crippen MR) is 89.2 cm³/mol. The van der Waals surface area contributed by atoms with E-state index in [1.165, 1.54) is 0 Å². The van der Waals surface area contributed by atoms with E-state index in [9.17, 15) is 4.79 Å². The highest BCUT2D eigenvalue weighted by Gasteiger charge is 2.22. The average Bonchev–Trinajstić information content (AvgIpc) is 2.45. The molecule has 0 radical (unpaired) electrons. The van der Waals surface area contributed by atoms with Gasteiger partial charge in [-0.05, 0) is 51.5 Å². The number of nitrogens with one attached hydrogen (secondary N) is 1. The summed E-state index contributed by atoms with van der Waals surface area (Å²) < 4.78 is 0. The largest absolute Gasteiger partial charge is 0.397 e. The Hall–Kier alpha value is -1.20. The lowest BCUT2D eigenvalue weighted by Crippen LogP contribution is -2.44. The lowest BCUT2D eigenvalue weighted by Gasteiger charge is -2.30. The minimum atomic E-state index is -0.188. The molecule has 0 fully saturated rings. The van der Waals surface area contributed by atoms with Gasteiger partial charge in [-0.1, -0.05) is 12.1 Å². The normalized spacial score (nSPS) is 14.1. The maximum absolute atomic E-state index is 12.3. The smallest absolute Gasteiger partial charge is 0.241 e. The maximum atomic E-state index is 12.3. The van der Waals surface area contributed by atoms with Gasteiger partial charge in [0.05, 0.1) is 17.4 Å². The molecule has 0 bridgehead atoms. The van der Waals surface area contributed by atoms with E-state index in [4.69, 9.17) is 5.73 Å². The van der Waals surface area contributed by atoms with Gasteiger partial charge in [-0.15, -0.1) is 0 Å². The van der Waals surface area contributed by atoms with Crippen molar-refractivity contribution in [1.82, 2.24) is 4.90 Å². The van der Waals surface area contributed by atoms with Crippen LogP contribution in [0.1, 0.15) is 20.3 Å². The minimum Gasteiger partial charge on any atom is -0.397 e. The van der Waals surface area contributed by atoms with E-state index < -0.39 is 0 Å². The number of likely N-dealkylation sites (N-methyl/N-ethyl adjacent to an activating group) is 1. The first-order valence-electron chi connectivity index (χ1n) is 6.83. The molecule has 0 aliphatic rings. The fraction of sp³-hybridized carbons (Fsp3) is 0.533. The van der Waals surface area contributed by atoms with Crippen LogP contribution in [0.5, 0.6) is 0 Å². The van der Waals surface area contributed by atoms with E-state index in [-0.39, 0.29) is 11.9 Å². The number of amides is 1. The zero-order valence-electron chi connectivity index (χ0n) is 12.7. The van der Waals surface area contributed by atoms with Crippen LogP contribution >= 0.6 is 11.8 Å². The molecule has 0 spiro atoms. The molecule has 0 aromatic heterocycles. The maximum Gasteiger partial charge on any atom is 0.241 e. The standard InChI is InChI=1S/C15H25N3OS/c1-11(9-10-20-4)18(3)12(2)15(19)17-14-8-6-5-7-13(14)16/h5-8,11-12H,9-10,16H2,1-4H3,(H,17,19). The fourth-order valence-corrected chi connectivity index (χ4v) is 2.48. The highest BCUT2D eigenvalue weighted by atomic mass is 32.2. The van der Waals surface area contributed by atoms with E-state index in [2.05, 4.69) is 23.4 Å². The number of rotatable bonds is 7. The molecule has 1 rings (SSSR count). The molecule has 2 unspecified atom stereocenters. The Balaban J connectivity index is 2.60. The van der Waals surface area contributed by atoms with Crippen molar-refractivity contribution < 1.29 is 4.79 Å². The van der Waals surface area contributed by atoms with Crippen LogP contribution in [0.15, 0.2) is 24.3 Å². The van der Waals surface area contributed by atoms with Crippen molar-refractivity contribution >= 4 is 29.0 Å². The number of hydrogen-bond donors (Lipinski definition) is 2. The molecule has 0 aliphatic heterocycles. The molecular formula is C15H25N3OS. The SMILES string of the molecule is CSCCC(C)N(C)C(C)C(=O)Nc1ccccc1N. The monoisotopic (exact) mass is 295 g/mol. The van der Waals surface area contributed by atoms with Crippen molar-refractivity contribution in [3.05, 3.63) is 24.3 Å². The molecule has 4 nitrogen and oxygen atoms in total. The van der Waals surface area contributed by atoms with E-state index in [0.717, 1.165) is 12.2 Å². The first-order chi connectivity index (χ1) is 9.47. The van der Waals surface area contributed by atoms with E-state index in [1.807, 2.05) is 43.9 Å². The molecule has 1 aromatic carbocycles. The van der Waals surface area contributed by atoms with Crippen LogP contribution in [0.2, 0.25) is 0 Å². The Bertz CT molecular complexity index is 439. The highest BCUT2D eigenvalue weighted by Crippen LogP contribution is 2.18. The molecule has 1 aromatic rings. The number of benzene rings is 1. The van der Waals surface area contributed by atoms with Crippen LogP contribution in [-0.2, 0) is 4.79 Å². The Morgan fingerprint density at radius 3 is 2.65 bits per heavy atom. The molecule has 3 N–H and O–H groups in total. The van der Waals surface area contributed by atoms with E-state index >= 15 is 0 Å². The average molecular weight is 295 g/mol. The van der Waals surface area contributed by atoms with Gasteiger partial charge in [-0.25, -0.2) is 0 Å². The Morgan fingerprint density at radius 2 is 2.05 bits per heavy atom. The Kier molecular flexibility index (Phi) is 6.88. The van der Waals surface area contributed by atoms with E-state index in [0.29, 0.717) is 17.4 Å². The van der Waals surface area contributed by atoms with Gasteiger partial charge in [0, 0.05) is 6.04 Å². The van der Waals surface area contributed by atoms with Crippen LogP contribution in [0.25, 0.3) is 0 Å². The van der Waals surface area contributed by atoms with Gasteiger partial charge >= 0.3 is 0 Å². The predicted octanol–water partition coefficient (Wildman–Crippen LogP) is 2.67. The zero-order valence-corrected chi connectivity index (χ0v) is 13.5. The van der Waals surface area contributed by atoms with Crippen molar-refractivity contribution in [3.63, 3.8) is 0 Å². The number of anilines is 2. The summed E-state index contributed by atoms with van der Waals surface area (Å²) in [4.78, 5) is 14.4. The van der Waals surface area contributed by atoms with Crippen molar-refractivity contribution in [2.45, 2.75) is 32.4 Å². The van der Waals surface area contributed by atoms with Crippen LogP contribution in [0.3, 0.4) is 0 Å². The summed E-state index contributed by atoms with van der Waals surface area (Å²) in [5.41, 5.74) is 7.10. The van der Waals surface area contributed by atoms with Crippen molar-refractivity contribution in [1.29, 1.82) is 0 Å². The lowest BCUT2D eigenvalue weighted by atomic mass is 10.1. The number of hydrogen-bond acceptors (Lipinski definition) is 4. The van der Waals surface area contributed by atoms with Crippen LogP contribution < -0.4 is 11.1 Å². The lowest BCUT2D eigenvalue weighted by molar-refractivity contribution is -0.120. The van der Waals surface area contributed by atoms with Crippen LogP contribution in [0, 0.1) is 0 Å². The number of nitrogen functional groups attached to an aromatic ring is 1. The summed E-state index contributed by atoms with van der Waals surface area (Å²) in [5.74, 6) is 1.08. The number of para-hydroxylation sites is 2. The summed E-state index contributed by atoms with van der Waals surface area (Å²) in [7, 11) is 1.99. The van der Waals surface area contributed by atoms with Gasteiger partial charge in [0.1, 0.15) is 0 Å². The van der Waals surface area contributed by atoms with Gasteiger partial charge in [-0.3, -0.25) is 9.69 Å². The molecule has 0 saturated heterocycles. The number of carbonyl (C=O) groups excluding carboxylic acids is 1. The van der Waals surface area contributed by atoms with Gasteiger partial charge in [0.25, 0.3) is 0 Å².